The van der Waals surface area contributed by atoms with Crippen LogP contribution < -0.4 is 15.0 Å². The number of likely N-dealkylation sites (tertiary alicyclic amines) is 1. The van der Waals surface area contributed by atoms with E-state index in [1.54, 1.807) is 19.1 Å². The fourth-order valence-corrected chi connectivity index (χ4v) is 6.04. The number of aryl methyl sites for hydroxylation is 1. The molecule has 1 aromatic heterocycles. The molecule has 220 valence electrons. The number of halogens is 2. The van der Waals surface area contributed by atoms with Gasteiger partial charge in [0.15, 0.2) is 5.82 Å². The lowest BCUT2D eigenvalue weighted by Gasteiger charge is -2.34. The number of hydrogen-bond acceptors (Lipinski definition) is 8. The van der Waals surface area contributed by atoms with Gasteiger partial charge in [-0.05, 0) is 75.2 Å². The average Bonchev–Trinajstić information content (AvgIpc) is 3.37. The number of benzene rings is 2. The normalized spacial score (nSPS) is 20.2. The lowest BCUT2D eigenvalue weighted by Crippen LogP contribution is -2.51. The lowest BCUT2D eigenvalue weighted by molar-refractivity contribution is 0.188. The fraction of sp³-hybridized carbons (Fsp3) is 0.406. The number of aliphatic hydroxyl groups excluding tert-OH is 1. The molecule has 0 amide bonds. The van der Waals surface area contributed by atoms with E-state index in [-0.39, 0.29) is 40.0 Å². The Bertz CT molecular complexity index is 1570. The summed E-state index contributed by atoms with van der Waals surface area (Å²) in [4.78, 5) is 13.5. The maximum absolute atomic E-state index is 16.4. The van der Waals surface area contributed by atoms with Crippen molar-refractivity contribution in [2.75, 3.05) is 44.7 Å². The second-order valence-electron chi connectivity index (χ2n) is 11.1. The maximum Gasteiger partial charge on any atom is 0.319 e. The summed E-state index contributed by atoms with van der Waals surface area (Å²) in [6.07, 6.45) is 5.60. The summed E-state index contributed by atoms with van der Waals surface area (Å²) in [5.74, 6) is -0.101. The van der Waals surface area contributed by atoms with Gasteiger partial charge in [-0.25, -0.2) is 4.39 Å². The summed E-state index contributed by atoms with van der Waals surface area (Å²) in [5.41, 5.74) is 2.58. The van der Waals surface area contributed by atoms with Crippen LogP contribution in [-0.4, -0.2) is 71.9 Å². The highest BCUT2D eigenvalue weighted by Gasteiger charge is 2.27. The van der Waals surface area contributed by atoms with Crippen LogP contribution in [0.5, 0.6) is 6.01 Å². The number of allylic oxidation sites excluding steroid dienone is 2. The molecule has 2 aromatic carbocycles. The first-order valence-corrected chi connectivity index (χ1v) is 14.7. The van der Waals surface area contributed by atoms with E-state index < -0.39 is 5.82 Å². The maximum atomic E-state index is 16.4. The van der Waals surface area contributed by atoms with Crippen molar-refractivity contribution in [2.45, 2.75) is 45.2 Å². The summed E-state index contributed by atoms with van der Waals surface area (Å²) in [5, 5.41) is 24.0. The van der Waals surface area contributed by atoms with E-state index in [2.05, 4.69) is 28.3 Å². The number of aliphatic hydroxyl groups is 1. The molecule has 2 N–H and O–H groups in total. The van der Waals surface area contributed by atoms with Gasteiger partial charge >= 0.3 is 6.01 Å². The molecule has 8 nitrogen and oxygen atoms in total. The number of fused-ring (bicyclic) bond motifs is 1. The number of anilines is 1. The highest BCUT2D eigenvalue weighted by molar-refractivity contribution is 6.33. The first kappa shape index (κ1) is 29.8. The van der Waals surface area contributed by atoms with E-state index in [1.165, 1.54) is 6.08 Å². The van der Waals surface area contributed by atoms with Crippen LogP contribution in [0.25, 0.3) is 22.6 Å². The van der Waals surface area contributed by atoms with Gasteiger partial charge in [-0.3, -0.25) is 0 Å². The van der Waals surface area contributed by atoms with Crippen molar-refractivity contribution < 1.29 is 14.2 Å². The topological polar surface area (TPSA) is 97.5 Å². The number of piperazine rings is 1. The molecular formula is C32H36ClFN6O2. The Morgan fingerprint density at radius 1 is 1.31 bits per heavy atom. The van der Waals surface area contributed by atoms with Gasteiger partial charge in [-0.1, -0.05) is 35.9 Å². The van der Waals surface area contributed by atoms with Gasteiger partial charge in [0.2, 0.25) is 0 Å². The predicted molar refractivity (Wildman–Crippen MR) is 165 cm³/mol. The fourth-order valence-electron chi connectivity index (χ4n) is 5.70. The third-order valence-electron chi connectivity index (χ3n) is 8.06. The monoisotopic (exact) mass is 590 g/mol. The van der Waals surface area contributed by atoms with Gasteiger partial charge in [0.1, 0.15) is 23.7 Å². The summed E-state index contributed by atoms with van der Waals surface area (Å²) in [7, 11) is 2.07. The van der Waals surface area contributed by atoms with Crippen molar-refractivity contribution in [2.24, 2.45) is 0 Å². The van der Waals surface area contributed by atoms with Gasteiger partial charge in [0, 0.05) is 42.7 Å². The highest BCUT2D eigenvalue weighted by Crippen LogP contribution is 2.37. The Labute approximate surface area is 251 Å². The molecule has 3 heterocycles. The van der Waals surface area contributed by atoms with Crippen molar-refractivity contribution >= 4 is 40.0 Å². The van der Waals surface area contributed by atoms with E-state index in [0.717, 1.165) is 30.5 Å². The predicted octanol–water partition coefficient (Wildman–Crippen LogP) is 5.90. The van der Waals surface area contributed by atoms with Crippen molar-refractivity contribution in [3.8, 4) is 12.1 Å². The van der Waals surface area contributed by atoms with Crippen LogP contribution in [-0.2, 0) is 0 Å². The molecular weight excluding hydrogens is 555 g/mol. The van der Waals surface area contributed by atoms with Crippen molar-refractivity contribution in [3.63, 3.8) is 0 Å². The Morgan fingerprint density at radius 3 is 2.86 bits per heavy atom. The Morgan fingerprint density at radius 2 is 2.12 bits per heavy atom. The zero-order chi connectivity index (χ0) is 29.8. The molecule has 5 rings (SSSR count). The van der Waals surface area contributed by atoms with Crippen molar-refractivity contribution in [1.82, 2.24) is 20.2 Å². The number of aromatic nitrogens is 2. The SMILES string of the molecule is C/C(=C\C(O)=C/c1ccccc1C)c1c(Cl)cc2c(N3CCN[C@@H](CC#N)C3)nc(OC[C@@H]3CCCN3C)nc2c1F. The Hall–Kier alpha value is -3.71. The van der Waals surface area contributed by atoms with E-state index >= 15 is 4.39 Å². The standard InChI is InChI=1S/C32H36ClFN6O2/c1-20-7-4-5-8-22(20)16-25(41)15-21(2)28-27(33)17-26-30(29(28)34)37-32(42-19-24-9-6-13-39(24)3)38-31(26)40-14-12-36-23(18-40)10-11-35/h4-5,7-8,15-17,23-24,36,41H,6,9-10,12-14,18-19H2,1-3H3/b21-15+,25-16+/t23-,24-/m0/s1. The van der Waals surface area contributed by atoms with E-state index in [0.29, 0.717) is 49.4 Å². The van der Waals surface area contributed by atoms with E-state index in [1.807, 2.05) is 36.1 Å². The number of nitriles is 1. The third kappa shape index (κ3) is 6.51. The molecule has 2 saturated heterocycles. The average molecular weight is 591 g/mol. The first-order chi connectivity index (χ1) is 20.2. The largest absolute Gasteiger partial charge is 0.508 e. The molecule has 0 aliphatic carbocycles. The summed E-state index contributed by atoms with van der Waals surface area (Å²) in [6.45, 7) is 6.88. The Balaban J connectivity index is 1.56. The number of nitrogens with zero attached hydrogens (tertiary/aromatic N) is 5. The van der Waals surface area contributed by atoms with Crippen molar-refractivity contribution in [3.05, 3.63) is 69.7 Å². The molecule has 0 unspecified atom stereocenters. The van der Waals surface area contributed by atoms with Crippen LogP contribution in [0.1, 0.15) is 42.9 Å². The van der Waals surface area contributed by atoms with Crippen LogP contribution in [0.2, 0.25) is 5.02 Å². The number of hydrogen-bond donors (Lipinski definition) is 2. The van der Waals surface area contributed by atoms with Crippen LogP contribution in [0.3, 0.4) is 0 Å². The first-order valence-electron chi connectivity index (χ1n) is 14.3. The highest BCUT2D eigenvalue weighted by atomic mass is 35.5. The number of rotatable bonds is 8. The van der Waals surface area contributed by atoms with Gasteiger partial charge in [0.05, 0.1) is 17.5 Å². The minimum absolute atomic E-state index is 0.0187. The molecule has 2 aliphatic rings. The van der Waals surface area contributed by atoms with Gasteiger partial charge in [0.25, 0.3) is 0 Å². The zero-order valence-corrected chi connectivity index (χ0v) is 25.0. The summed E-state index contributed by atoms with van der Waals surface area (Å²) >= 11 is 6.72. The Kier molecular flexibility index (Phi) is 9.27. The van der Waals surface area contributed by atoms with Crippen LogP contribution in [0, 0.1) is 24.1 Å². The lowest BCUT2D eigenvalue weighted by atomic mass is 10.0. The number of ether oxygens (including phenoxy) is 1. The van der Waals surface area contributed by atoms with Crippen LogP contribution in [0.15, 0.2) is 42.2 Å². The van der Waals surface area contributed by atoms with Gasteiger partial charge in [-0.2, -0.15) is 15.2 Å². The number of likely N-dealkylation sites (N-methyl/N-ethyl adjacent to an activating group) is 1. The quantitative estimate of drug-likeness (QED) is 0.247. The molecule has 0 bridgehead atoms. The molecule has 3 aromatic rings. The molecule has 2 atom stereocenters. The molecule has 2 aliphatic heterocycles. The summed E-state index contributed by atoms with van der Waals surface area (Å²) in [6, 6.07) is 11.9. The van der Waals surface area contributed by atoms with Crippen molar-refractivity contribution in [1.29, 1.82) is 5.26 Å². The van der Waals surface area contributed by atoms with Crippen LogP contribution in [0.4, 0.5) is 10.2 Å². The zero-order valence-electron chi connectivity index (χ0n) is 24.2. The minimum atomic E-state index is -0.606. The van der Waals surface area contributed by atoms with E-state index in [9.17, 15) is 10.4 Å². The molecule has 0 saturated carbocycles. The second kappa shape index (κ2) is 13.1. The molecule has 2 fully saturated rings. The molecule has 0 radical (unpaired) electrons. The smallest absolute Gasteiger partial charge is 0.319 e. The van der Waals surface area contributed by atoms with Gasteiger partial charge < -0.3 is 25.0 Å². The molecule has 42 heavy (non-hydrogen) atoms. The molecule has 10 heteroatoms. The third-order valence-corrected chi connectivity index (χ3v) is 8.36. The van der Waals surface area contributed by atoms with E-state index in [4.69, 9.17) is 21.3 Å². The van der Waals surface area contributed by atoms with Gasteiger partial charge in [-0.15, -0.1) is 0 Å². The second-order valence-corrected chi connectivity index (χ2v) is 11.5. The number of nitrogens with one attached hydrogen (secondary N) is 1. The molecule has 0 spiro atoms. The van der Waals surface area contributed by atoms with Crippen LogP contribution >= 0.6 is 11.6 Å². The summed E-state index contributed by atoms with van der Waals surface area (Å²) < 4.78 is 22.5. The minimum Gasteiger partial charge on any atom is -0.508 e.